The van der Waals surface area contributed by atoms with Gasteiger partial charge in [-0.3, -0.25) is 4.79 Å². The SMILES string of the molecule is O=C(O)c1cccc(C(=O)N2CCCCC2C(=O)O)c1. The van der Waals surface area contributed by atoms with Gasteiger partial charge in [-0.2, -0.15) is 0 Å². The smallest absolute Gasteiger partial charge is 0.335 e. The minimum Gasteiger partial charge on any atom is -0.480 e. The van der Waals surface area contributed by atoms with E-state index in [-0.39, 0.29) is 11.1 Å². The van der Waals surface area contributed by atoms with Gasteiger partial charge in [0.25, 0.3) is 5.91 Å². The van der Waals surface area contributed by atoms with Crippen molar-refractivity contribution in [3.63, 3.8) is 0 Å². The summed E-state index contributed by atoms with van der Waals surface area (Å²) in [7, 11) is 0. The molecule has 20 heavy (non-hydrogen) atoms. The molecule has 1 heterocycles. The summed E-state index contributed by atoms with van der Waals surface area (Å²) in [6.07, 6.45) is 1.96. The Morgan fingerprint density at radius 2 is 1.80 bits per heavy atom. The van der Waals surface area contributed by atoms with E-state index in [2.05, 4.69) is 0 Å². The van der Waals surface area contributed by atoms with E-state index in [0.717, 1.165) is 12.8 Å². The van der Waals surface area contributed by atoms with Gasteiger partial charge in [-0.25, -0.2) is 9.59 Å². The zero-order valence-corrected chi connectivity index (χ0v) is 10.8. The van der Waals surface area contributed by atoms with Crippen LogP contribution in [0.4, 0.5) is 0 Å². The number of carboxylic acid groups (broad SMARTS) is 2. The van der Waals surface area contributed by atoms with Crippen LogP contribution in [0.25, 0.3) is 0 Å². The highest BCUT2D eigenvalue weighted by Gasteiger charge is 2.32. The maximum atomic E-state index is 12.4. The molecule has 1 aliphatic heterocycles. The van der Waals surface area contributed by atoms with Crippen LogP contribution < -0.4 is 0 Å². The van der Waals surface area contributed by atoms with Crippen LogP contribution in [0.15, 0.2) is 24.3 Å². The third-order valence-corrected chi connectivity index (χ3v) is 3.41. The second kappa shape index (κ2) is 5.73. The van der Waals surface area contributed by atoms with Gasteiger partial charge in [-0.15, -0.1) is 0 Å². The van der Waals surface area contributed by atoms with E-state index in [0.29, 0.717) is 13.0 Å². The average Bonchev–Trinajstić information content (AvgIpc) is 2.46. The molecular formula is C14H15NO5. The molecule has 1 aliphatic rings. The molecule has 1 saturated heterocycles. The number of amides is 1. The number of likely N-dealkylation sites (tertiary alicyclic amines) is 1. The Bertz CT molecular complexity index is 554. The van der Waals surface area contributed by atoms with Crippen LogP contribution in [0.5, 0.6) is 0 Å². The number of rotatable bonds is 3. The molecular weight excluding hydrogens is 262 g/mol. The Labute approximate surface area is 115 Å². The van der Waals surface area contributed by atoms with E-state index in [4.69, 9.17) is 10.2 Å². The molecule has 1 unspecified atom stereocenters. The maximum Gasteiger partial charge on any atom is 0.335 e. The van der Waals surface area contributed by atoms with E-state index in [9.17, 15) is 14.4 Å². The van der Waals surface area contributed by atoms with Gasteiger partial charge < -0.3 is 15.1 Å². The first kappa shape index (κ1) is 14.0. The Kier molecular flexibility index (Phi) is 4.02. The van der Waals surface area contributed by atoms with Crippen molar-refractivity contribution in [2.24, 2.45) is 0 Å². The largest absolute Gasteiger partial charge is 0.480 e. The molecule has 1 amide bonds. The second-order valence-electron chi connectivity index (χ2n) is 4.73. The van der Waals surface area contributed by atoms with Crippen LogP contribution in [0.1, 0.15) is 40.0 Å². The quantitative estimate of drug-likeness (QED) is 0.872. The van der Waals surface area contributed by atoms with Gasteiger partial charge in [0, 0.05) is 12.1 Å². The van der Waals surface area contributed by atoms with Crippen LogP contribution in [-0.4, -0.2) is 45.5 Å². The molecule has 6 nitrogen and oxygen atoms in total. The lowest BCUT2D eigenvalue weighted by Crippen LogP contribution is -2.48. The van der Waals surface area contributed by atoms with Crippen molar-refractivity contribution < 1.29 is 24.6 Å². The number of carboxylic acids is 2. The molecule has 1 fully saturated rings. The van der Waals surface area contributed by atoms with Crippen molar-refractivity contribution in [3.8, 4) is 0 Å². The van der Waals surface area contributed by atoms with Gasteiger partial charge >= 0.3 is 11.9 Å². The lowest BCUT2D eigenvalue weighted by molar-refractivity contribution is -0.143. The normalized spacial score (nSPS) is 18.6. The molecule has 0 radical (unpaired) electrons. The van der Waals surface area contributed by atoms with Crippen molar-refractivity contribution in [3.05, 3.63) is 35.4 Å². The number of aliphatic carboxylic acids is 1. The third-order valence-electron chi connectivity index (χ3n) is 3.41. The maximum absolute atomic E-state index is 12.4. The summed E-state index contributed by atoms with van der Waals surface area (Å²) in [6.45, 7) is 0.382. The summed E-state index contributed by atoms with van der Waals surface area (Å²) < 4.78 is 0. The molecule has 6 heteroatoms. The van der Waals surface area contributed by atoms with Gasteiger partial charge in [-0.1, -0.05) is 6.07 Å². The zero-order chi connectivity index (χ0) is 14.7. The highest BCUT2D eigenvalue weighted by Crippen LogP contribution is 2.20. The van der Waals surface area contributed by atoms with Crippen LogP contribution in [0.2, 0.25) is 0 Å². The summed E-state index contributed by atoms with van der Waals surface area (Å²) in [5, 5.41) is 18.1. The number of carbonyl (C=O) groups excluding carboxylic acids is 1. The topological polar surface area (TPSA) is 94.9 Å². The van der Waals surface area contributed by atoms with E-state index < -0.39 is 23.9 Å². The molecule has 1 atom stereocenters. The second-order valence-corrected chi connectivity index (χ2v) is 4.73. The van der Waals surface area contributed by atoms with Gasteiger partial charge in [-0.05, 0) is 37.5 Å². The van der Waals surface area contributed by atoms with E-state index in [1.807, 2.05) is 0 Å². The fourth-order valence-corrected chi connectivity index (χ4v) is 2.38. The molecule has 0 aliphatic carbocycles. The lowest BCUT2D eigenvalue weighted by Gasteiger charge is -2.33. The lowest BCUT2D eigenvalue weighted by atomic mass is 10.0. The Morgan fingerprint density at radius 1 is 1.10 bits per heavy atom. The fourth-order valence-electron chi connectivity index (χ4n) is 2.38. The number of hydrogen-bond donors (Lipinski definition) is 2. The average molecular weight is 277 g/mol. The van der Waals surface area contributed by atoms with Crippen molar-refractivity contribution in [2.45, 2.75) is 25.3 Å². The van der Waals surface area contributed by atoms with E-state index >= 15 is 0 Å². The van der Waals surface area contributed by atoms with E-state index in [1.54, 1.807) is 0 Å². The van der Waals surface area contributed by atoms with Gasteiger partial charge in [0.15, 0.2) is 0 Å². The number of nitrogens with zero attached hydrogens (tertiary/aromatic N) is 1. The molecule has 0 saturated carbocycles. The Morgan fingerprint density at radius 3 is 2.45 bits per heavy atom. The van der Waals surface area contributed by atoms with Crippen LogP contribution >= 0.6 is 0 Å². The molecule has 1 aromatic rings. The molecule has 0 bridgehead atoms. The van der Waals surface area contributed by atoms with E-state index in [1.165, 1.54) is 29.2 Å². The highest BCUT2D eigenvalue weighted by molar-refractivity contribution is 5.99. The van der Waals surface area contributed by atoms with Gasteiger partial charge in [0.05, 0.1) is 5.56 Å². The van der Waals surface area contributed by atoms with Crippen molar-refractivity contribution in [2.75, 3.05) is 6.54 Å². The van der Waals surface area contributed by atoms with Gasteiger partial charge in [0.1, 0.15) is 6.04 Å². The predicted molar refractivity (Wildman–Crippen MR) is 69.7 cm³/mol. The summed E-state index contributed by atoms with van der Waals surface area (Å²) in [4.78, 5) is 35.8. The number of hydrogen-bond acceptors (Lipinski definition) is 3. The molecule has 0 aromatic heterocycles. The Hall–Kier alpha value is -2.37. The number of aromatic carboxylic acids is 1. The molecule has 1 aromatic carbocycles. The molecule has 2 rings (SSSR count). The standard InChI is InChI=1S/C14H15NO5/c16-12(9-4-3-5-10(8-9)13(17)18)15-7-2-1-6-11(15)14(19)20/h3-5,8,11H,1-2,6-7H2,(H,17,18)(H,19,20). The molecule has 106 valence electrons. The summed E-state index contributed by atoms with van der Waals surface area (Å²) in [5.74, 6) is -2.57. The summed E-state index contributed by atoms with van der Waals surface area (Å²) in [6, 6.07) is 4.82. The first-order chi connectivity index (χ1) is 9.50. The van der Waals surface area contributed by atoms with Crippen LogP contribution in [0.3, 0.4) is 0 Å². The molecule has 0 spiro atoms. The fraction of sp³-hybridized carbons (Fsp3) is 0.357. The molecule has 2 N–H and O–H groups in total. The first-order valence-corrected chi connectivity index (χ1v) is 6.38. The van der Waals surface area contributed by atoms with Crippen molar-refractivity contribution in [1.82, 2.24) is 4.90 Å². The minimum absolute atomic E-state index is 0.0136. The van der Waals surface area contributed by atoms with Gasteiger partial charge in [0.2, 0.25) is 0 Å². The number of piperidine rings is 1. The first-order valence-electron chi connectivity index (χ1n) is 6.38. The van der Waals surface area contributed by atoms with Crippen LogP contribution in [0, 0.1) is 0 Å². The third kappa shape index (κ3) is 2.79. The van der Waals surface area contributed by atoms with Crippen molar-refractivity contribution in [1.29, 1.82) is 0 Å². The van der Waals surface area contributed by atoms with Crippen LogP contribution in [-0.2, 0) is 4.79 Å². The summed E-state index contributed by atoms with van der Waals surface area (Å²) >= 11 is 0. The zero-order valence-electron chi connectivity index (χ0n) is 10.8. The van der Waals surface area contributed by atoms with Crippen molar-refractivity contribution >= 4 is 17.8 Å². The Balaban J connectivity index is 2.27. The number of carbonyl (C=O) groups is 3. The predicted octanol–water partition coefficient (Wildman–Crippen LogP) is 1.46. The number of benzene rings is 1. The summed E-state index contributed by atoms with van der Waals surface area (Å²) in [5.41, 5.74) is 0.220. The highest BCUT2D eigenvalue weighted by atomic mass is 16.4. The minimum atomic E-state index is -1.12. The monoisotopic (exact) mass is 277 g/mol.